The molecule has 1 heterocycles. The molecule has 1 fully saturated rings. The predicted octanol–water partition coefficient (Wildman–Crippen LogP) is 3.77. The molecule has 17 heavy (non-hydrogen) atoms. The van der Waals surface area contributed by atoms with Gasteiger partial charge in [-0.25, -0.2) is 4.98 Å². The lowest BCUT2D eigenvalue weighted by atomic mass is 10.1. The normalized spacial score (nSPS) is 15.2. The second kappa shape index (κ2) is 3.93. The molecule has 3 rings (SSSR count). The van der Waals surface area contributed by atoms with Gasteiger partial charge in [0.2, 0.25) is 0 Å². The number of anilines is 1. The predicted molar refractivity (Wildman–Crippen MR) is 70.4 cm³/mol. The molecule has 2 N–H and O–H groups in total. The fourth-order valence-electron chi connectivity index (χ4n) is 1.93. The lowest BCUT2D eigenvalue weighted by molar-refractivity contribution is 0.751. The summed E-state index contributed by atoms with van der Waals surface area (Å²) >= 11 is 11.9. The van der Waals surface area contributed by atoms with Gasteiger partial charge >= 0.3 is 0 Å². The molecule has 0 aliphatic heterocycles. The Morgan fingerprint density at radius 3 is 2.41 bits per heavy atom. The highest BCUT2D eigenvalue weighted by molar-refractivity contribution is 6.35. The third-order valence-electron chi connectivity index (χ3n) is 2.91. The number of benzene rings is 1. The van der Waals surface area contributed by atoms with Crippen LogP contribution in [0.4, 0.5) is 5.82 Å². The molecule has 5 heteroatoms. The van der Waals surface area contributed by atoms with E-state index in [1.807, 2.05) is 16.7 Å². The zero-order chi connectivity index (χ0) is 12.0. The summed E-state index contributed by atoms with van der Waals surface area (Å²) in [6.07, 6.45) is 4.14. The number of halogens is 2. The van der Waals surface area contributed by atoms with Crippen molar-refractivity contribution in [3.05, 3.63) is 34.6 Å². The molecule has 1 aromatic heterocycles. The molecule has 0 unspecified atom stereocenters. The van der Waals surface area contributed by atoms with Crippen molar-refractivity contribution >= 4 is 29.0 Å². The van der Waals surface area contributed by atoms with Crippen LogP contribution in [0.5, 0.6) is 0 Å². The van der Waals surface area contributed by atoms with Gasteiger partial charge in [0.05, 0.1) is 6.33 Å². The summed E-state index contributed by atoms with van der Waals surface area (Å²) in [4.78, 5) is 4.35. The molecule has 1 aromatic carbocycles. The quantitative estimate of drug-likeness (QED) is 0.900. The van der Waals surface area contributed by atoms with E-state index in [0.717, 1.165) is 11.3 Å². The molecular weight excluding hydrogens is 257 g/mol. The van der Waals surface area contributed by atoms with Crippen molar-refractivity contribution in [1.29, 1.82) is 0 Å². The van der Waals surface area contributed by atoms with Crippen LogP contribution in [0.2, 0.25) is 10.0 Å². The number of hydrogen-bond acceptors (Lipinski definition) is 2. The van der Waals surface area contributed by atoms with Crippen LogP contribution in [0.15, 0.2) is 24.5 Å². The van der Waals surface area contributed by atoms with E-state index in [1.54, 1.807) is 12.4 Å². The van der Waals surface area contributed by atoms with Crippen molar-refractivity contribution in [2.45, 2.75) is 18.9 Å². The van der Waals surface area contributed by atoms with Gasteiger partial charge < -0.3 is 10.3 Å². The third kappa shape index (κ3) is 2.01. The number of nitrogens with two attached hydrogens (primary N) is 1. The van der Waals surface area contributed by atoms with Gasteiger partial charge in [-0.1, -0.05) is 23.2 Å². The van der Waals surface area contributed by atoms with Crippen LogP contribution < -0.4 is 5.73 Å². The van der Waals surface area contributed by atoms with E-state index in [0.29, 0.717) is 21.9 Å². The van der Waals surface area contributed by atoms with Crippen LogP contribution in [0, 0.1) is 0 Å². The van der Waals surface area contributed by atoms with Gasteiger partial charge in [-0.2, -0.15) is 0 Å². The van der Waals surface area contributed by atoms with Crippen molar-refractivity contribution in [1.82, 2.24) is 9.55 Å². The zero-order valence-electron chi connectivity index (χ0n) is 9.03. The van der Waals surface area contributed by atoms with Gasteiger partial charge in [-0.15, -0.1) is 0 Å². The molecule has 0 saturated heterocycles. The Labute approximate surface area is 109 Å². The van der Waals surface area contributed by atoms with Crippen LogP contribution in [-0.4, -0.2) is 9.55 Å². The van der Waals surface area contributed by atoms with Gasteiger partial charge in [0.15, 0.2) is 0 Å². The van der Waals surface area contributed by atoms with Crippen LogP contribution in [-0.2, 0) is 0 Å². The highest BCUT2D eigenvalue weighted by atomic mass is 35.5. The average molecular weight is 268 g/mol. The van der Waals surface area contributed by atoms with Crippen molar-refractivity contribution < 1.29 is 0 Å². The van der Waals surface area contributed by atoms with Gasteiger partial charge in [-0.3, -0.25) is 0 Å². The monoisotopic (exact) mass is 267 g/mol. The van der Waals surface area contributed by atoms with Crippen molar-refractivity contribution in [3.63, 3.8) is 0 Å². The van der Waals surface area contributed by atoms with Crippen LogP contribution in [0.25, 0.3) is 11.3 Å². The Morgan fingerprint density at radius 2 is 1.82 bits per heavy atom. The smallest absolute Gasteiger partial charge is 0.131 e. The van der Waals surface area contributed by atoms with Crippen LogP contribution in [0.3, 0.4) is 0 Å². The summed E-state index contributed by atoms with van der Waals surface area (Å²) in [5.74, 6) is 0.686. The second-order valence-electron chi connectivity index (χ2n) is 4.27. The molecule has 0 radical (unpaired) electrons. The van der Waals surface area contributed by atoms with E-state index in [4.69, 9.17) is 28.9 Å². The molecular formula is C12H11Cl2N3. The van der Waals surface area contributed by atoms with Crippen molar-refractivity contribution in [2.75, 3.05) is 5.73 Å². The summed E-state index contributed by atoms with van der Waals surface area (Å²) in [5, 5.41) is 1.18. The zero-order valence-corrected chi connectivity index (χ0v) is 10.5. The maximum absolute atomic E-state index is 6.09. The second-order valence-corrected chi connectivity index (χ2v) is 5.15. The Balaban J connectivity index is 2.08. The van der Waals surface area contributed by atoms with Crippen LogP contribution >= 0.6 is 23.2 Å². The maximum Gasteiger partial charge on any atom is 0.131 e. The van der Waals surface area contributed by atoms with E-state index in [1.165, 1.54) is 12.8 Å². The summed E-state index contributed by atoms with van der Waals surface area (Å²) < 4.78 is 2.02. The summed E-state index contributed by atoms with van der Waals surface area (Å²) in [5.41, 5.74) is 7.70. The third-order valence-corrected chi connectivity index (χ3v) is 3.34. The Hall–Kier alpha value is -1.19. The minimum atomic E-state index is 0.519. The average Bonchev–Trinajstić information content (AvgIpc) is 3.01. The molecule has 0 bridgehead atoms. The molecule has 1 aliphatic rings. The number of rotatable bonds is 2. The maximum atomic E-state index is 6.09. The van der Waals surface area contributed by atoms with Gasteiger partial charge in [0, 0.05) is 21.7 Å². The fraction of sp³-hybridized carbons (Fsp3) is 0.250. The molecule has 88 valence electrons. The van der Waals surface area contributed by atoms with E-state index in [9.17, 15) is 0 Å². The molecule has 1 aliphatic carbocycles. The minimum Gasteiger partial charge on any atom is -0.383 e. The molecule has 0 amide bonds. The summed E-state index contributed by atoms with van der Waals surface area (Å²) in [6.45, 7) is 0. The Morgan fingerprint density at radius 1 is 1.18 bits per heavy atom. The Kier molecular flexibility index (Phi) is 2.53. The van der Waals surface area contributed by atoms with Crippen molar-refractivity contribution in [2.24, 2.45) is 0 Å². The topological polar surface area (TPSA) is 43.8 Å². The number of nitrogens with zero attached hydrogens (tertiary/aromatic N) is 2. The number of nitrogen functional groups attached to an aromatic ring is 1. The van der Waals surface area contributed by atoms with E-state index in [-0.39, 0.29) is 0 Å². The van der Waals surface area contributed by atoms with Crippen molar-refractivity contribution in [3.8, 4) is 11.3 Å². The largest absolute Gasteiger partial charge is 0.383 e. The molecule has 3 nitrogen and oxygen atoms in total. The van der Waals surface area contributed by atoms with Gasteiger partial charge in [0.1, 0.15) is 11.5 Å². The molecule has 2 aromatic rings. The number of imidazole rings is 1. The van der Waals surface area contributed by atoms with Gasteiger partial charge in [-0.05, 0) is 31.0 Å². The molecule has 0 atom stereocenters. The standard InChI is InChI=1S/C12H11Cl2N3/c13-8-3-7(4-9(14)5-8)11-12(15)17(6-16-11)10-1-2-10/h3-6,10H,1-2,15H2. The van der Waals surface area contributed by atoms with E-state index >= 15 is 0 Å². The first-order valence-corrected chi connectivity index (χ1v) is 6.19. The molecule has 0 spiro atoms. The first kappa shape index (κ1) is 10.9. The highest BCUT2D eigenvalue weighted by Gasteiger charge is 2.26. The lowest BCUT2D eigenvalue weighted by Crippen LogP contribution is -1.99. The lowest BCUT2D eigenvalue weighted by Gasteiger charge is -2.04. The number of hydrogen-bond donors (Lipinski definition) is 1. The molecule has 1 saturated carbocycles. The SMILES string of the molecule is Nc1c(-c2cc(Cl)cc(Cl)c2)ncn1C1CC1. The highest BCUT2D eigenvalue weighted by Crippen LogP contribution is 2.39. The number of aromatic nitrogens is 2. The van der Waals surface area contributed by atoms with E-state index in [2.05, 4.69) is 4.98 Å². The first-order valence-electron chi connectivity index (χ1n) is 5.44. The van der Waals surface area contributed by atoms with Crippen LogP contribution in [0.1, 0.15) is 18.9 Å². The first-order chi connectivity index (χ1) is 8.15. The van der Waals surface area contributed by atoms with E-state index < -0.39 is 0 Å². The fourth-order valence-corrected chi connectivity index (χ4v) is 2.45. The Bertz CT molecular complexity index is 553. The summed E-state index contributed by atoms with van der Waals surface area (Å²) in [6, 6.07) is 5.86. The summed E-state index contributed by atoms with van der Waals surface area (Å²) in [7, 11) is 0. The minimum absolute atomic E-state index is 0.519. The van der Waals surface area contributed by atoms with Gasteiger partial charge in [0.25, 0.3) is 0 Å².